The third kappa shape index (κ3) is 2.64. The van der Waals surface area contributed by atoms with Crippen molar-refractivity contribution in [2.24, 2.45) is 5.73 Å². The van der Waals surface area contributed by atoms with E-state index in [1.807, 2.05) is 0 Å². The van der Waals surface area contributed by atoms with E-state index in [0.717, 1.165) is 25.7 Å². The van der Waals surface area contributed by atoms with Crippen LogP contribution in [0.15, 0.2) is 18.6 Å². The van der Waals surface area contributed by atoms with Gasteiger partial charge >= 0.3 is 0 Å². The van der Waals surface area contributed by atoms with Crippen molar-refractivity contribution in [1.29, 1.82) is 0 Å². The van der Waals surface area contributed by atoms with Crippen LogP contribution in [0.2, 0.25) is 0 Å². The van der Waals surface area contributed by atoms with Gasteiger partial charge in [-0.2, -0.15) is 0 Å². The summed E-state index contributed by atoms with van der Waals surface area (Å²) in [6.07, 6.45) is 10.4. The molecule has 1 aliphatic rings. The van der Waals surface area contributed by atoms with Crippen molar-refractivity contribution in [1.82, 2.24) is 9.97 Å². The Balaban J connectivity index is 2.01. The van der Waals surface area contributed by atoms with E-state index in [-0.39, 0.29) is 11.3 Å². The Labute approximate surface area is 95.3 Å². The predicted octanol–water partition coefficient (Wildman–Crippen LogP) is 1.71. The lowest BCUT2D eigenvalue weighted by atomic mass is 9.79. The van der Waals surface area contributed by atoms with Crippen LogP contribution in [0.4, 0.5) is 0 Å². The van der Waals surface area contributed by atoms with Crippen molar-refractivity contribution in [2.45, 2.75) is 44.1 Å². The maximum absolute atomic E-state index is 11.9. The van der Waals surface area contributed by atoms with E-state index in [1.165, 1.54) is 18.8 Å². The van der Waals surface area contributed by atoms with Gasteiger partial charge in [-0.1, -0.05) is 19.3 Å². The van der Waals surface area contributed by atoms with Gasteiger partial charge in [0.15, 0.2) is 5.78 Å². The molecule has 4 nitrogen and oxygen atoms in total. The Morgan fingerprint density at radius 1 is 1.31 bits per heavy atom. The third-order valence-corrected chi connectivity index (χ3v) is 3.21. The molecule has 16 heavy (non-hydrogen) atoms. The number of Topliss-reactive ketones (excluding diaryl/α,β-unsaturated/α-hetero) is 1. The topological polar surface area (TPSA) is 68.9 Å². The smallest absolute Gasteiger partial charge is 0.184 e. The van der Waals surface area contributed by atoms with Crippen LogP contribution in [0.5, 0.6) is 0 Å². The first-order chi connectivity index (χ1) is 7.70. The number of rotatable bonds is 3. The maximum Gasteiger partial charge on any atom is 0.184 e. The summed E-state index contributed by atoms with van der Waals surface area (Å²) in [5.41, 5.74) is 6.34. The molecule has 0 atom stereocenters. The second-order valence-electron chi connectivity index (χ2n) is 4.61. The van der Waals surface area contributed by atoms with Crippen LogP contribution in [0.3, 0.4) is 0 Å². The number of ketones is 1. The van der Waals surface area contributed by atoms with Gasteiger partial charge in [-0.3, -0.25) is 9.78 Å². The number of carbonyl (C=O) groups is 1. The largest absolute Gasteiger partial charge is 0.325 e. The van der Waals surface area contributed by atoms with Gasteiger partial charge in [-0.05, 0) is 12.8 Å². The monoisotopic (exact) mass is 219 g/mol. The fraction of sp³-hybridized carbons (Fsp3) is 0.583. The summed E-state index contributed by atoms with van der Waals surface area (Å²) in [6, 6.07) is 0. The highest BCUT2D eigenvalue weighted by molar-refractivity contribution is 5.94. The van der Waals surface area contributed by atoms with Gasteiger partial charge in [0, 0.05) is 24.4 Å². The van der Waals surface area contributed by atoms with Gasteiger partial charge in [0.25, 0.3) is 0 Å². The molecule has 0 unspecified atom stereocenters. The van der Waals surface area contributed by atoms with Crippen molar-refractivity contribution in [3.05, 3.63) is 24.3 Å². The molecule has 0 bridgehead atoms. The molecule has 1 aliphatic carbocycles. The van der Waals surface area contributed by atoms with Crippen LogP contribution in [-0.4, -0.2) is 21.3 Å². The van der Waals surface area contributed by atoms with E-state index in [1.54, 1.807) is 6.20 Å². The zero-order valence-corrected chi connectivity index (χ0v) is 9.35. The first kappa shape index (κ1) is 11.2. The van der Waals surface area contributed by atoms with Crippen LogP contribution in [0.1, 0.15) is 49.0 Å². The molecule has 0 saturated heterocycles. The van der Waals surface area contributed by atoms with E-state index in [9.17, 15) is 4.79 Å². The molecule has 0 amide bonds. The minimum Gasteiger partial charge on any atom is -0.325 e. The summed E-state index contributed by atoms with van der Waals surface area (Å²) in [5, 5.41) is 0. The minimum atomic E-state index is -0.313. The van der Waals surface area contributed by atoms with Crippen molar-refractivity contribution in [2.75, 3.05) is 0 Å². The zero-order chi connectivity index (χ0) is 11.4. The minimum absolute atomic E-state index is 0.0116. The van der Waals surface area contributed by atoms with Crippen LogP contribution in [0, 0.1) is 0 Å². The number of carbonyl (C=O) groups excluding carboxylic acids is 1. The Bertz CT molecular complexity index is 358. The lowest BCUT2D eigenvalue weighted by Gasteiger charge is -2.32. The fourth-order valence-corrected chi connectivity index (χ4v) is 2.29. The summed E-state index contributed by atoms with van der Waals surface area (Å²) in [7, 11) is 0. The molecule has 86 valence electrons. The van der Waals surface area contributed by atoms with Gasteiger partial charge in [0.1, 0.15) is 5.69 Å². The van der Waals surface area contributed by atoms with Gasteiger partial charge in [-0.25, -0.2) is 4.98 Å². The molecule has 2 N–H and O–H groups in total. The molecule has 1 aromatic rings. The average molecular weight is 219 g/mol. The molecule has 0 spiro atoms. The summed E-state index contributed by atoms with van der Waals surface area (Å²) < 4.78 is 0. The van der Waals surface area contributed by atoms with Crippen LogP contribution in [-0.2, 0) is 0 Å². The standard InChI is InChI=1S/C12H17N3O/c13-12(4-2-1-3-5-12)8-11(16)10-9-14-6-7-15-10/h6-7,9H,1-5,8,13H2. The summed E-state index contributed by atoms with van der Waals surface area (Å²) in [6.45, 7) is 0. The van der Waals surface area contributed by atoms with E-state index >= 15 is 0 Å². The molecule has 2 rings (SSSR count). The first-order valence-electron chi connectivity index (χ1n) is 5.78. The Morgan fingerprint density at radius 2 is 2.06 bits per heavy atom. The number of aromatic nitrogens is 2. The van der Waals surface area contributed by atoms with Crippen molar-refractivity contribution >= 4 is 5.78 Å². The van der Waals surface area contributed by atoms with Crippen LogP contribution < -0.4 is 5.73 Å². The summed E-state index contributed by atoms with van der Waals surface area (Å²) in [5.74, 6) is 0.0116. The molecule has 0 radical (unpaired) electrons. The lowest BCUT2D eigenvalue weighted by molar-refractivity contribution is 0.0929. The van der Waals surface area contributed by atoms with Crippen molar-refractivity contribution in [3.8, 4) is 0 Å². The quantitative estimate of drug-likeness (QED) is 0.786. The van der Waals surface area contributed by atoms with Crippen LogP contribution in [0.25, 0.3) is 0 Å². The SMILES string of the molecule is NC1(CC(=O)c2cnccn2)CCCCC1. The fourth-order valence-electron chi connectivity index (χ4n) is 2.29. The van der Waals surface area contributed by atoms with Gasteiger partial charge in [-0.15, -0.1) is 0 Å². The molecule has 1 aromatic heterocycles. The van der Waals surface area contributed by atoms with Crippen molar-refractivity contribution in [3.63, 3.8) is 0 Å². The predicted molar refractivity (Wildman–Crippen MR) is 61.0 cm³/mol. The highest BCUT2D eigenvalue weighted by Crippen LogP contribution is 2.29. The average Bonchev–Trinajstić information content (AvgIpc) is 2.30. The molecule has 1 heterocycles. The highest BCUT2D eigenvalue weighted by atomic mass is 16.1. The number of hydrogen-bond donors (Lipinski definition) is 1. The summed E-state index contributed by atoms with van der Waals surface area (Å²) in [4.78, 5) is 19.8. The number of nitrogens with two attached hydrogens (primary N) is 1. The highest BCUT2D eigenvalue weighted by Gasteiger charge is 2.30. The molecule has 1 fully saturated rings. The lowest BCUT2D eigenvalue weighted by Crippen LogP contribution is -2.43. The maximum atomic E-state index is 11.9. The van der Waals surface area contributed by atoms with E-state index in [2.05, 4.69) is 9.97 Å². The Kier molecular flexibility index (Phi) is 3.29. The van der Waals surface area contributed by atoms with Gasteiger partial charge in [0.05, 0.1) is 6.20 Å². The molecule has 0 aromatic carbocycles. The second kappa shape index (κ2) is 4.70. The summed E-state index contributed by atoms with van der Waals surface area (Å²) >= 11 is 0. The molecule has 4 heteroatoms. The molecule has 0 aliphatic heterocycles. The normalized spacial score (nSPS) is 19.3. The number of hydrogen-bond acceptors (Lipinski definition) is 4. The second-order valence-corrected chi connectivity index (χ2v) is 4.61. The van der Waals surface area contributed by atoms with E-state index in [4.69, 9.17) is 5.73 Å². The number of nitrogens with zero attached hydrogens (tertiary/aromatic N) is 2. The van der Waals surface area contributed by atoms with Crippen molar-refractivity contribution < 1.29 is 4.79 Å². The third-order valence-electron chi connectivity index (χ3n) is 3.21. The molecular weight excluding hydrogens is 202 g/mol. The van der Waals surface area contributed by atoms with Gasteiger partial charge in [0.2, 0.25) is 0 Å². The Morgan fingerprint density at radius 3 is 2.69 bits per heavy atom. The first-order valence-corrected chi connectivity index (χ1v) is 5.78. The molecular formula is C12H17N3O. The zero-order valence-electron chi connectivity index (χ0n) is 9.35. The van der Waals surface area contributed by atoms with E-state index in [0.29, 0.717) is 12.1 Å². The van der Waals surface area contributed by atoms with Gasteiger partial charge < -0.3 is 5.73 Å². The van der Waals surface area contributed by atoms with Crippen LogP contribution >= 0.6 is 0 Å². The molecule has 1 saturated carbocycles. The van der Waals surface area contributed by atoms with E-state index < -0.39 is 0 Å². The Hall–Kier alpha value is -1.29.